The zero-order chi connectivity index (χ0) is 19.3. The molecule has 1 aromatic rings. The van der Waals surface area contributed by atoms with Crippen molar-refractivity contribution in [1.82, 2.24) is 0 Å². The third kappa shape index (κ3) is 2.30. The van der Waals surface area contributed by atoms with Gasteiger partial charge >= 0.3 is 5.97 Å². The van der Waals surface area contributed by atoms with Crippen LogP contribution in [0.15, 0.2) is 24.3 Å². The second-order valence-corrected chi connectivity index (χ2v) is 8.82. The number of esters is 1. The van der Waals surface area contributed by atoms with Crippen molar-refractivity contribution in [2.24, 2.45) is 16.2 Å². The number of hydrogen-bond acceptors (Lipinski definition) is 4. The minimum atomic E-state index is -0.779. The molecule has 0 aliphatic heterocycles. The molecule has 0 heterocycles. The van der Waals surface area contributed by atoms with Crippen LogP contribution in [0.4, 0.5) is 5.69 Å². The number of halogens is 1. The molecule has 140 valence electrons. The van der Waals surface area contributed by atoms with Gasteiger partial charge in [0, 0.05) is 11.1 Å². The largest absolute Gasteiger partial charge is 0.462 e. The Morgan fingerprint density at radius 2 is 1.81 bits per heavy atom. The van der Waals surface area contributed by atoms with Gasteiger partial charge in [-0.2, -0.15) is 0 Å². The van der Waals surface area contributed by atoms with E-state index in [9.17, 15) is 14.4 Å². The Labute approximate surface area is 162 Å². The Kier molecular flexibility index (Phi) is 4.54. The number of nitrogens with one attached hydrogen (secondary N) is 1. The molecule has 0 radical (unpaired) electrons. The summed E-state index contributed by atoms with van der Waals surface area (Å²) in [6, 6.07) is 6.62. The number of hydrogen-bond donors (Lipinski definition) is 1. The molecule has 2 aliphatic carbocycles. The molecule has 3 rings (SSSR count). The summed E-state index contributed by atoms with van der Waals surface area (Å²) in [5, 5.41) is 2.95. The smallest absolute Gasteiger partial charge is 0.338 e. The summed E-state index contributed by atoms with van der Waals surface area (Å²) < 4.78 is 4.96. The molecular weight excluding hydrogens is 398 g/mol. The first-order valence-corrected chi connectivity index (χ1v) is 9.80. The normalized spacial score (nSPS) is 31.7. The van der Waals surface area contributed by atoms with Crippen LogP contribution < -0.4 is 5.32 Å². The van der Waals surface area contributed by atoms with E-state index in [2.05, 4.69) is 21.2 Å². The summed E-state index contributed by atoms with van der Waals surface area (Å²) in [5.74, 6) is -0.428. The van der Waals surface area contributed by atoms with Crippen molar-refractivity contribution >= 4 is 39.3 Å². The molecule has 2 bridgehead atoms. The summed E-state index contributed by atoms with van der Waals surface area (Å²) >= 11 is 3.52. The van der Waals surface area contributed by atoms with Crippen molar-refractivity contribution in [3.8, 4) is 0 Å². The molecule has 1 amide bonds. The maximum Gasteiger partial charge on any atom is 0.338 e. The lowest BCUT2D eigenvalue weighted by atomic mass is 9.64. The number of ketones is 1. The summed E-state index contributed by atoms with van der Waals surface area (Å²) in [6.45, 7) is 8.07. The molecule has 2 fully saturated rings. The zero-order valence-corrected chi connectivity index (χ0v) is 17.1. The number of rotatable bonds is 4. The van der Waals surface area contributed by atoms with Gasteiger partial charge in [-0.05, 0) is 49.4 Å². The first kappa shape index (κ1) is 19.1. The van der Waals surface area contributed by atoms with E-state index in [1.54, 1.807) is 31.2 Å². The molecule has 0 unspecified atom stereocenters. The summed E-state index contributed by atoms with van der Waals surface area (Å²) in [4.78, 5) is 37.3. The second-order valence-electron chi connectivity index (χ2n) is 7.91. The van der Waals surface area contributed by atoms with Crippen molar-refractivity contribution < 1.29 is 19.1 Å². The van der Waals surface area contributed by atoms with Gasteiger partial charge < -0.3 is 10.1 Å². The Morgan fingerprint density at radius 3 is 2.31 bits per heavy atom. The van der Waals surface area contributed by atoms with E-state index < -0.39 is 27.0 Å². The average molecular weight is 422 g/mol. The van der Waals surface area contributed by atoms with Crippen molar-refractivity contribution in [3.05, 3.63) is 29.8 Å². The van der Waals surface area contributed by atoms with Gasteiger partial charge in [-0.25, -0.2) is 4.79 Å². The number of carbonyl (C=O) groups excluding carboxylic acids is 3. The number of ether oxygens (including phenoxy) is 1. The topological polar surface area (TPSA) is 72.5 Å². The number of alkyl halides is 1. The van der Waals surface area contributed by atoms with Crippen molar-refractivity contribution in [3.63, 3.8) is 0 Å². The zero-order valence-electron chi connectivity index (χ0n) is 15.5. The predicted molar refractivity (Wildman–Crippen MR) is 102 cm³/mol. The highest BCUT2D eigenvalue weighted by Crippen LogP contribution is 2.72. The Balaban J connectivity index is 1.84. The predicted octanol–water partition coefficient (Wildman–Crippen LogP) is 3.96. The van der Waals surface area contributed by atoms with Crippen LogP contribution in [0.2, 0.25) is 0 Å². The molecule has 1 N–H and O–H groups in total. The lowest BCUT2D eigenvalue weighted by Gasteiger charge is -2.39. The summed E-state index contributed by atoms with van der Waals surface area (Å²) in [7, 11) is 0. The van der Waals surface area contributed by atoms with Crippen LogP contribution in [0, 0.1) is 16.2 Å². The molecular formula is C20H24BrNO4. The van der Waals surface area contributed by atoms with Gasteiger partial charge in [-0.3, -0.25) is 9.59 Å². The molecule has 0 aromatic heterocycles. The maximum absolute atomic E-state index is 13.2. The lowest BCUT2D eigenvalue weighted by molar-refractivity contribution is -0.130. The third-order valence-electron chi connectivity index (χ3n) is 6.78. The Bertz CT molecular complexity index is 773. The first-order valence-electron chi connectivity index (χ1n) is 8.89. The minimum Gasteiger partial charge on any atom is -0.462 e. The van der Waals surface area contributed by atoms with E-state index in [4.69, 9.17) is 4.74 Å². The van der Waals surface area contributed by atoms with Crippen LogP contribution in [0.5, 0.6) is 0 Å². The van der Waals surface area contributed by atoms with E-state index in [1.807, 2.05) is 20.8 Å². The van der Waals surface area contributed by atoms with Crippen LogP contribution in [0.25, 0.3) is 0 Å². The number of carbonyl (C=O) groups is 3. The van der Waals surface area contributed by atoms with Gasteiger partial charge in [0.15, 0.2) is 5.78 Å². The highest BCUT2D eigenvalue weighted by molar-refractivity contribution is 9.10. The molecule has 2 saturated carbocycles. The highest BCUT2D eigenvalue weighted by Gasteiger charge is 2.76. The van der Waals surface area contributed by atoms with Crippen molar-refractivity contribution in [1.29, 1.82) is 0 Å². The van der Waals surface area contributed by atoms with Crippen LogP contribution in [0.3, 0.4) is 0 Å². The van der Waals surface area contributed by atoms with Gasteiger partial charge in [0.2, 0.25) is 5.91 Å². The van der Waals surface area contributed by atoms with Crippen molar-refractivity contribution in [2.45, 2.75) is 45.4 Å². The van der Waals surface area contributed by atoms with Crippen LogP contribution in [-0.4, -0.2) is 29.1 Å². The van der Waals surface area contributed by atoms with E-state index in [-0.39, 0.29) is 11.7 Å². The van der Waals surface area contributed by atoms with E-state index in [0.29, 0.717) is 24.3 Å². The number of anilines is 1. The number of benzene rings is 1. The summed E-state index contributed by atoms with van der Waals surface area (Å²) in [5.41, 5.74) is -0.683. The fraction of sp³-hybridized carbons (Fsp3) is 0.550. The van der Waals surface area contributed by atoms with Gasteiger partial charge in [-0.1, -0.05) is 36.7 Å². The van der Waals surface area contributed by atoms with E-state index in [0.717, 1.165) is 6.42 Å². The molecule has 6 heteroatoms. The van der Waals surface area contributed by atoms with Crippen molar-refractivity contribution in [2.75, 3.05) is 11.9 Å². The minimum absolute atomic E-state index is 0.113. The fourth-order valence-corrected chi connectivity index (χ4v) is 6.12. The molecule has 5 nitrogen and oxygen atoms in total. The standard InChI is InChI=1S/C20H24BrNO4/c1-5-26-16(24)12-6-8-13(9-7-12)22-17(25)20-11-10-19(4,18(20,2)3)15(23)14(20)21/h6-9,14H,5,10-11H2,1-4H3,(H,22,25)/t14-,19-,20+/m1/s1. The third-order valence-corrected chi connectivity index (χ3v) is 7.98. The lowest BCUT2D eigenvalue weighted by Crippen LogP contribution is -2.47. The van der Waals surface area contributed by atoms with E-state index >= 15 is 0 Å². The number of Topliss-reactive ketones (excluding diaryl/α,β-unsaturated/α-hetero) is 1. The summed E-state index contributed by atoms with van der Waals surface area (Å²) in [6.07, 6.45) is 1.39. The molecule has 1 aromatic carbocycles. The quantitative estimate of drug-likeness (QED) is 0.589. The maximum atomic E-state index is 13.2. The first-order chi connectivity index (χ1) is 12.1. The Morgan fingerprint density at radius 1 is 1.19 bits per heavy atom. The van der Waals surface area contributed by atoms with Crippen LogP contribution in [-0.2, 0) is 14.3 Å². The molecule has 0 spiro atoms. The van der Waals surface area contributed by atoms with Crippen LogP contribution in [0.1, 0.15) is 50.9 Å². The number of fused-ring (bicyclic) bond motifs is 2. The molecule has 26 heavy (non-hydrogen) atoms. The SMILES string of the molecule is CCOC(=O)c1ccc(NC(=O)[C@]23CC[C@](C)(C(=O)[C@H]2Br)C3(C)C)cc1. The molecule has 0 saturated heterocycles. The average Bonchev–Trinajstić information content (AvgIpc) is 2.87. The highest BCUT2D eigenvalue weighted by atomic mass is 79.9. The van der Waals surface area contributed by atoms with Crippen LogP contribution >= 0.6 is 15.9 Å². The van der Waals surface area contributed by atoms with Gasteiger partial charge in [0.1, 0.15) is 0 Å². The number of amides is 1. The van der Waals surface area contributed by atoms with Gasteiger partial charge in [0.05, 0.1) is 22.4 Å². The van der Waals surface area contributed by atoms with E-state index in [1.165, 1.54) is 0 Å². The van der Waals surface area contributed by atoms with Gasteiger partial charge in [0.25, 0.3) is 0 Å². The Hall–Kier alpha value is -1.69. The second kappa shape index (κ2) is 6.19. The monoisotopic (exact) mass is 421 g/mol. The molecule has 3 atom stereocenters. The van der Waals surface area contributed by atoms with Gasteiger partial charge in [-0.15, -0.1) is 0 Å². The fourth-order valence-electron chi connectivity index (χ4n) is 4.60. The molecule has 2 aliphatic rings.